The molecular weight excluding hydrogens is 542 g/mol. The zero-order chi connectivity index (χ0) is 30.3. The standard InChI is InChI=1S/C44H33N/c1-30-17-21-34(22-18-30)43-37-15-9-10-16-38(37)44(35-23-19-31(2)20-24-35)40-29-36(25-26-39(40)43)45-41(32-11-5-3-6-12-32)27-28-42(45)33-13-7-4-8-14-33/h3-29H,1-2H3. The van der Waals surface area contributed by atoms with Crippen molar-refractivity contribution in [1.82, 2.24) is 4.57 Å². The van der Waals surface area contributed by atoms with Crippen LogP contribution in [0.25, 0.3) is 72.0 Å². The van der Waals surface area contributed by atoms with Gasteiger partial charge in [0.05, 0.1) is 11.4 Å². The van der Waals surface area contributed by atoms with Crippen LogP contribution >= 0.6 is 0 Å². The average Bonchev–Trinajstić information content (AvgIpc) is 3.54. The molecule has 0 atom stereocenters. The van der Waals surface area contributed by atoms with E-state index < -0.39 is 0 Å². The summed E-state index contributed by atoms with van der Waals surface area (Å²) in [6.07, 6.45) is 0. The Balaban J connectivity index is 1.49. The van der Waals surface area contributed by atoms with Gasteiger partial charge in [-0.05, 0) is 93.0 Å². The van der Waals surface area contributed by atoms with E-state index >= 15 is 0 Å². The van der Waals surface area contributed by atoms with Gasteiger partial charge in [-0.2, -0.15) is 0 Å². The van der Waals surface area contributed by atoms with Crippen molar-refractivity contribution in [3.8, 4) is 50.5 Å². The van der Waals surface area contributed by atoms with E-state index in [2.05, 4.69) is 182 Å². The molecule has 0 saturated carbocycles. The molecule has 0 spiro atoms. The second kappa shape index (κ2) is 11.1. The van der Waals surface area contributed by atoms with Crippen LogP contribution < -0.4 is 0 Å². The summed E-state index contributed by atoms with van der Waals surface area (Å²) in [5.41, 5.74) is 13.4. The number of aromatic nitrogens is 1. The Kier molecular flexibility index (Phi) is 6.65. The van der Waals surface area contributed by atoms with Crippen LogP contribution in [0.4, 0.5) is 0 Å². The number of benzene rings is 7. The highest BCUT2D eigenvalue weighted by atomic mass is 15.0. The fourth-order valence-electron chi connectivity index (χ4n) is 6.75. The van der Waals surface area contributed by atoms with Crippen molar-refractivity contribution in [3.63, 3.8) is 0 Å². The van der Waals surface area contributed by atoms with E-state index in [0.717, 1.165) is 5.69 Å². The summed E-state index contributed by atoms with van der Waals surface area (Å²) >= 11 is 0. The molecular formula is C44H33N. The Labute approximate surface area is 264 Å². The molecule has 1 nitrogen and oxygen atoms in total. The topological polar surface area (TPSA) is 4.93 Å². The highest BCUT2D eigenvalue weighted by Crippen LogP contribution is 2.45. The van der Waals surface area contributed by atoms with E-state index in [9.17, 15) is 0 Å². The molecule has 0 N–H and O–H groups in total. The molecule has 214 valence electrons. The number of hydrogen-bond acceptors (Lipinski definition) is 0. The molecule has 0 saturated heterocycles. The quantitative estimate of drug-likeness (QED) is 0.180. The number of hydrogen-bond donors (Lipinski definition) is 0. The van der Waals surface area contributed by atoms with Gasteiger partial charge in [0.2, 0.25) is 0 Å². The second-order valence-corrected chi connectivity index (χ2v) is 11.9. The maximum atomic E-state index is 2.42. The van der Waals surface area contributed by atoms with Gasteiger partial charge >= 0.3 is 0 Å². The van der Waals surface area contributed by atoms with Crippen molar-refractivity contribution >= 4 is 21.5 Å². The first kappa shape index (κ1) is 26.9. The second-order valence-electron chi connectivity index (χ2n) is 11.9. The van der Waals surface area contributed by atoms with Crippen LogP contribution in [-0.4, -0.2) is 4.57 Å². The third-order valence-corrected chi connectivity index (χ3v) is 8.97. The highest BCUT2D eigenvalue weighted by molar-refractivity contribution is 6.21. The van der Waals surface area contributed by atoms with Gasteiger partial charge < -0.3 is 4.57 Å². The number of aryl methyl sites for hydroxylation is 2. The molecule has 0 aliphatic heterocycles. The van der Waals surface area contributed by atoms with Crippen molar-refractivity contribution in [3.05, 3.63) is 175 Å². The van der Waals surface area contributed by atoms with Crippen molar-refractivity contribution in [2.75, 3.05) is 0 Å². The molecule has 0 aliphatic carbocycles. The van der Waals surface area contributed by atoms with Crippen LogP contribution in [0, 0.1) is 13.8 Å². The monoisotopic (exact) mass is 575 g/mol. The first-order valence-corrected chi connectivity index (χ1v) is 15.6. The number of rotatable bonds is 5. The molecule has 7 aromatic carbocycles. The fraction of sp³-hybridized carbons (Fsp3) is 0.0455. The van der Waals surface area contributed by atoms with Gasteiger partial charge in [-0.25, -0.2) is 0 Å². The van der Waals surface area contributed by atoms with E-state index in [4.69, 9.17) is 0 Å². The van der Waals surface area contributed by atoms with E-state index in [1.807, 2.05) is 0 Å². The van der Waals surface area contributed by atoms with Gasteiger partial charge in [-0.3, -0.25) is 0 Å². The van der Waals surface area contributed by atoms with E-state index in [1.165, 1.54) is 77.4 Å². The SMILES string of the molecule is Cc1ccc(-c2c3ccccc3c(-c3ccc(C)cc3)c3cc(-n4c(-c5ccccc5)ccc4-c4ccccc4)ccc23)cc1. The summed E-state index contributed by atoms with van der Waals surface area (Å²) in [6, 6.07) is 59.8. The molecule has 45 heavy (non-hydrogen) atoms. The van der Waals surface area contributed by atoms with Crippen LogP contribution in [0.3, 0.4) is 0 Å². The van der Waals surface area contributed by atoms with Gasteiger partial charge in [0.15, 0.2) is 0 Å². The fourth-order valence-corrected chi connectivity index (χ4v) is 6.75. The van der Waals surface area contributed by atoms with Crippen molar-refractivity contribution in [1.29, 1.82) is 0 Å². The molecule has 1 aromatic heterocycles. The average molecular weight is 576 g/mol. The third kappa shape index (κ3) is 4.74. The molecule has 0 radical (unpaired) electrons. The van der Waals surface area contributed by atoms with Gasteiger partial charge in [0.1, 0.15) is 0 Å². The Hall–Kier alpha value is -5.66. The predicted molar refractivity (Wildman–Crippen MR) is 192 cm³/mol. The van der Waals surface area contributed by atoms with Gasteiger partial charge in [-0.1, -0.05) is 151 Å². The molecule has 0 bridgehead atoms. The Morgan fingerprint density at radius 1 is 0.333 bits per heavy atom. The van der Waals surface area contributed by atoms with Gasteiger partial charge in [0.25, 0.3) is 0 Å². The zero-order valence-corrected chi connectivity index (χ0v) is 25.5. The molecule has 0 unspecified atom stereocenters. The molecule has 8 rings (SSSR count). The van der Waals surface area contributed by atoms with Crippen molar-refractivity contribution < 1.29 is 0 Å². The Bertz CT molecular complexity index is 2230. The minimum absolute atomic E-state index is 1.14. The minimum atomic E-state index is 1.14. The normalized spacial score (nSPS) is 11.3. The van der Waals surface area contributed by atoms with Gasteiger partial charge in [0, 0.05) is 5.69 Å². The van der Waals surface area contributed by atoms with Crippen LogP contribution in [-0.2, 0) is 0 Å². The summed E-state index contributed by atoms with van der Waals surface area (Å²) in [6.45, 7) is 4.30. The summed E-state index contributed by atoms with van der Waals surface area (Å²) in [7, 11) is 0. The highest BCUT2D eigenvalue weighted by Gasteiger charge is 2.19. The molecule has 8 aromatic rings. The van der Waals surface area contributed by atoms with Gasteiger partial charge in [-0.15, -0.1) is 0 Å². The number of fused-ring (bicyclic) bond motifs is 2. The maximum absolute atomic E-state index is 2.42. The molecule has 1 heteroatoms. The van der Waals surface area contributed by atoms with Crippen LogP contribution in [0.15, 0.2) is 164 Å². The lowest BCUT2D eigenvalue weighted by Gasteiger charge is -2.20. The Morgan fingerprint density at radius 3 is 1.24 bits per heavy atom. The third-order valence-electron chi connectivity index (χ3n) is 8.97. The van der Waals surface area contributed by atoms with Crippen LogP contribution in [0.5, 0.6) is 0 Å². The minimum Gasteiger partial charge on any atom is -0.309 e. The lowest BCUT2D eigenvalue weighted by atomic mass is 9.85. The summed E-state index contributed by atoms with van der Waals surface area (Å²) in [5.74, 6) is 0. The zero-order valence-electron chi connectivity index (χ0n) is 25.5. The lowest BCUT2D eigenvalue weighted by Crippen LogP contribution is -2.00. The Morgan fingerprint density at radius 2 is 0.756 bits per heavy atom. The summed E-state index contributed by atoms with van der Waals surface area (Å²) in [4.78, 5) is 0. The molecule has 1 heterocycles. The van der Waals surface area contributed by atoms with E-state index in [0.29, 0.717) is 0 Å². The van der Waals surface area contributed by atoms with E-state index in [1.54, 1.807) is 0 Å². The molecule has 0 aliphatic rings. The number of nitrogens with zero attached hydrogens (tertiary/aromatic N) is 1. The first-order chi connectivity index (χ1) is 22.2. The van der Waals surface area contributed by atoms with Crippen LogP contribution in [0.1, 0.15) is 11.1 Å². The molecule has 0 fully saturated rings. The largest absolute Gasteiger partial charge is 0.309 e. The smallest absolute Gasteiger partial charge is 0.0535 e. The maximum Gasteiger partial charge on any atom is 0.0535 e. The van der Waals surface area contributed by atoms with E-state index in [-0.39, 0.29) is 0 Å². The summed E-state index contributed by atoms with van der Waals surface area (Å²) < 4.78 is 2.42. The predicted octanol–water partition coefficient (Wildman–Crippen LogP) is 12.1. The van der Waals surface area contributed by atoms with Crippen LogP contribution in [0.2, 0.25) is 0 Å². The summed E-state index contributed by atoms with van der Waals surface area (Å²) in [5, 5.41) is 5.04. The lowest BCUT2D eigenvalue weighted by molar-refractivity contribution is 1.10. The van der Waals surface area contributed by atoms with Crippen molar-refractivity contribution in [2.24, 2.45) is 0 Å². The molecule has 0 amide bonds. The first-order valence-electron chi connectivity index (χ1n) is 15.6. The van der Waals surface area contributed by atoms with Crippen molar-refractivity contribution in [2.45, 2.75) is 13.8 Å².